The second kappa shape index (κ2) is 8.11. The summed E-state index contributed by atoms with van der Waals surface area (Å²) in [6, 6.07) is 3.58. The van der Waals surface area contributed by atoms with Gasteiger partial charge in [0.05, 0.1) is 6.04 Å². The summed E-state index contributed by atoms with van der Waals surface area (Å²) >= 11 is 0. The first-order chi connectivity index (χ1) is 12.8. The predicted molar refractivity (Wildman–Crippen MR) is 100 cm³/mol. The maximum atomic E-state index is 12.4. The molecule has 1 aromatic carbocycles. The van der Waals surface area contributed by atoms with Crippen LogP contribution in [0.4, 0.5) is 13.2 Å². The minimum absolute atomic E-state index is 0.106. The highest BCUT2D eigenvalue weighted by Crippen LogP contribution is 2.29. The minimum atomic E-state index is -4.36. The summed E-state index contributed by atoms with van der Waals surface area (Å²) in [5.74, 6) is 1.47. The molecule has 28 heavy (non-hydrogen) atoms. The molecule has 8 heteroatoms. The molecule has 0 aliphatic rings. The first-order valence-electron chi connectivity index (χ1n) is 9.12. The van der Waals surface area contributed by atoms with Gasteiger partial charge in [0.2, 0.25) is 5.89 Å². The number of nitrogens with zero attached hydrogens (tertiary/aromatic N) is 3. The predicted octanol–water partition coefficient (Wildman–Crippen LogP) is 5.12. The third kappa shape index (κ3) is 5.70. The minimum Gasteiger partial charge on any atom is -0.484 e. The first kappa shape index (κ1) is 22.2. The molecular weight excluding hydrogens is 371 g/mol. The summed E-state index contributed by atoms with van der Waals surface area (Å²) in [7, 11) is 1.93. The lowest BCUT2D eigenvalue weighted by atomic mass is 9.96. The van der Waals surface area contributed by atoms with E-state index in [9.17, 15) is 13.2 Å². The molecule has 0 N–H and O–H groups in total. The van der Waals surface area contributed by atoms with Gasteiger partial charge in [-0.05, 0) is 44.5 Å². The van der Waals surface area contributed by atoms with Gasteiger partial charge in [0.15, 0.2) is 12.4 Å². The zero-order chi connectivity index (χ0) is 21.3. The third-order valence-electron chi connectivity index (χ3n) is 4.46. The molecule has 0 aliphatic carbocycles. The molecule has 0 saturated heterocycles. The fourth-order valence-electron chi connectivity index (χ4n) is 2.84. The summed E-state index contributed by atoms with van der Waals surface area (Å²) in [6.07, 6.45) is -4.36. The third-order valence-corrected chi connectivity index (χ3v) is 4.46. The van der Waals surface area contributed by atoms with Gasteiger partial charge in [-0.25, -0.2) is 0 Å². The lowest BCUT2D eigenvalue weighted by Gasteiger charge is -2.23. The molecule has 1 atom stereocenters. The number of ether oxygens (including phenoxy) is 1. The van der Waals surface area contributed by atoms with Crippen molar-refractivity contribution in [2.45, 2.75) is 65.7 Å². The van der Waals surface area contributed by atoms with Crippen molar-refractivity contribution in [2.24, 2.45) is 0 Å². The number of aryl methyl sites for hydroxylation is 2. The van der Waals surface area contributed by atoms with E-state index in [-0.39, 0.29) is 17.2 Å². The first-order valence-corrected chi connectivity index (χ1v) is 9.12. The molecule has 0 fully saturated rings. The number of hydrogen-bond acceptors (Lipinski definition) is 5. The van der Waals surface area contributed by atoms with E-state index in [1.807, 2.05) is 51.8 Å². The summed E-state index contributed by atoms with van der Waals surface area (Å²) < 4.78 is 47.7. The van der Waals surface area contributed by atoms with Crippen LogP contribution >= 0.6 is 0 Å². The lowest BCUT2D eigenvalue weighted by Crippen LogP contribution is -2.23. The Morgan fingerprint density at radius 3 is 2.18 bits per heavy atom. The Bertz CT molecular complexity index is 787. The van der Waals surface area contributed by atoms with Gasteiger partial charge < -0.3 is 9.26 Å². The Labute approximate surface area is 163 Å². The van der Waals surface area contributed by atoms with E-state index in [1.54, 1.807) is 13.8 Å². The van der Waals surface area contributed by atoms with E-state index in [4.69, 9.17) is 9.26 Å². The van der Waals surface area contributed by atoms with Crippen LogP contribution in [0.2, 0.25) is 0 Å². The molecule has 2 aromatic rings. The molecule has 0 bridgehead atoms. The van der Waals surface area contributed by atoms with E-state index >= 15 is 0 Å². The van der Waals surface area contributed by atoms with Crippen LogP contribution in [0.3, 0.4) is 0 Å². The average Bonchev–Trinajstić information content (AvgIpc) is 3.02. The smallest absolute Gasteiger partial charge is 0.422 e. The Balaban J connectivity index is 2.11. The van der Waals surface area contributed by atoms with Gasteiger partial charge >= 0.3 is 6.18 Å². The van der Waals surface area contributed by atoms with Crippen LogP contribution in [-0.4, -0.2) is 34.9 Å². The van der Waals surface area contributed by atoms with Crippen LogP contribution in [0.15, 0.2) is 16.7 Å². The lowest BCUT2D eigenvalue weighted by molar-refractivity contribution is -0.153. The summed E-state index contributed by atoms with van der Waals surface area (Å²) in [5, 5.41) is 4.06. The van der Waals surface area contributed by atoms with Gasteiger partial charge in [0, 0.05) is 12.0 Å². The average molecular weight is 399 g/mol. The van der Waals surface area contributed by atoms with E-state index in [2.05, 4.69) is 10.1 Å². The largest absolute Gasteiger partial charge is 0.484 e. The number of hydrogen-bond donors (Lipinski definition) is 0. The molecule has 1 unspecified atom stereocenters. The fraction of sp³-hybridized carbons (Fsp3) is 0.600. The van der Waals surface area contributed by atoms with Crippen molar-refractivity contribution in [3.63, 3.8) is 0 Å². The van der Waals surface area contributed by atoms with Gasteiger partial charge in [-0.15, -0.1) is 0 Å². The van der Waals surface area contributed by atoms with Gasteiger partial charge in [-0.1, -0.05) is 38.1 Å². The van der Waals surface area contributed by atoms with Crippen molar-refractivity contribution in [1.82, 2.24) is 15.0 Å². The summed E-state index contributed by atoms with van der Waals surface area (Å²) in [5.41, 5.74) is 2.13. The second-order valence-electron chi connectivity index (χ2n) is 8.26. The van der Waals surface area contributed by atoms with E-state index in [1.165, 1.54) is 0 Å². The molecule has 2 rings (SSSR count). The Kier molecular flexibility index (Phi) is 6.43. The number of aromatic nitrogens is 2. The van der Waals surface area contributed by atoms with Gasteiger partial charge in [0.25, 0.3) is 0 Å². The Hall–Kier alpha value is -2.09. The van der Waals surface area contributed by atoms with Crippen molar-refractivity contribution < 1.29 is 22.4 Å². The molecule has 1 aromatic heterocycles. The number of halogens is 3. The normalized spacial score (nSPS) is 13.8. The molecule has 156 valence electrons. The maximum Gasteiger partial charge on any atom is 0.422 e. The van der Waals surface area contributed by atoms with Crippen LogP contribution in [0, 0.1) is 13.8 Å². The number of alkyl halides is 3. The van der Waals surface area contributed by atoms with Crippen LogP contribution in [-0.2, 0) is 12.0 Å². The van der Waals surface area contributed by atoms with Crippen molar-refractivity contribution in [3.8, 4) is 5.75 Å². The molecule has 0 radical (unpaired) electrons. The monoisotopic (exact) mass is 399 g/mol. The molecule has 1 heterocycles. The van der Waals surface area contributed by atoms with Crippen molar-refractivity contribution in [3.05, 3.63) is 40.5 Å². The van der Waals surface area contributed by atoms with E-state index in [0.717, 1.165) is 5.56 Å². The SMILES string of the molecule is Cc1cc(CN(C)C(C)c2nc(C(C)(C)C)no2)cc(C)c1OCC(F)(F)F. The van der Waals surface area contributed by atoms with Gasteiger partial charge in [-0.3, -0.25) is 4.90 Å². The Morgan fingerprint density at radius 1 is 1.14 bits per heavy atom. The second-order valence-corrected chi connectivity index (χ2v) is 8.26. The fourth-order valence-corrected chi connectivity index (χ4v) is 2.84. The standard InChI is InChI=1S/C20H28F3N3O2/c1-12-8-15(9-13(2)16(12)27-11-20(21,22)23)10-26(7)14(3)17-24-18(25-28-17)19(4,5)6/h8-9,14H,10-11H2,1-7H3. The molecule has 0 amide bonds. The molecule has 0 saturated carbocycles. The quantitative estimate of drug-likeness (QED) is 0.675. The van der Waals surface area contributed by atoms with Gasteiger partial charge in [0.1, 0.15) is 5.75 Å². The highest BCUT2D eigenvalue weighted by molar-refractivity contribution is 5.43. The zero-order valence-corrected chi connectivity index (χ0v) is 17.4. The van der Waals surface area contributed by atoms with Crippen LogP contribution in [0.5, 0.6) is 5.75 Å². The highest BCUT2D eigenvalue weighted by atomic mass is 19.4. The number of rotatable bonds is 6. The molecule has 5 nitrogen and oxygen atoms in total. The summed E-state index contributed by atoms with van der Waals surface area (Å²) in [6.45, 7) is 10.8. The van der Waals surface area contributed by atoms with Crippen LogP contribution in [0.25, 0.3) is 0 Å². The Morgan fingerprint density at radius 2 is 1.71 bits per heavy atom. The van der Waals surface area contributed by atoms with Crippen molar-refractivity contribution in [2.75, 3.05) is 13.7 Å². The number of benzene rings is 1. The molecule has 0 aliphatic heterocycles. The molecular formula is C20H28F3N3O2. The topological polar surface area (TPSA) is 51.4 Å². The molecule has 0 spiro atoms. The zero-order valence-electron chi connectivity index (χ0n) is 17.4. The van der Waals surface area contributed by atoms with Crippen molar-refractivity contribution in [1.29, 1.82) is 0 Å². The van der Waals surface area contributed by atoms with Crippen molar-refractivity contribution >= 4 is 0 Å². The van der Waals surface area contributed by atoms with Crippen LogP contribution in [0.1, 0.15) is 62.1 Å². The van der Waals surface area contributed by atoms with Gasteiger partial charge in [-0.2, -0.15) is 18.2 Å². The highest BCUT2D eigenvalue weighted by Gasteiger charge is 2.29. The van der Waals surface area contributed by atoms with E-state index < -0.39 is 12.8 Å². The summed E-state index contributed by atoms with van der Waals surface area (Å²) in [4.78, 5) is 6.54. The van der Waals surface area contributed by atoms with Crippen LogP contribution < -0.4 is 4.74 Å². The maximum absolute atomic E-state index is 12.4. The van der Waals surface area contributed by atoms with E-state index in [0.29, 0.717) is 29.4 Å².